The van der Waals surface area contributed by atoms with Gasteiger partial charge in [-0.25, -0.2) is 0 Å². The third kappa shape index (κ3) is 3.58. The van der Waals surface area contributed by atoms with Gasteiger partial charge in [0, 0.05) is 19.7 Å². The van der Waals surface area contributed by atoms with Gasteiger partial charge in [-0.15, -0.1) is 0 Å². The number of piperidine rings is 1. The fourth-order valence-corrected chi connectivity index (χ4v) is 2.32. The second kappa shape index (κ2) is 6.40. The molecule has 1 amide bonds. The van der Waals surface area contributed by atoms with E-state index in [1.165, 1.54) is 0 Å². The Bertz CT molecular complexity index is 187. The molecule has 1 rings (SSSR count). The molecule has 14 heavy (non-hydrogen) atoms. The number of carbonyl (C=O) groups is 1. The molecule has 1 fully saturated rings. The topological polar surface area (TPSA) is 40.5 Å². The molecule has 1 aliphatic heterocycles. The Balaban J connectivity index is 2.19. The van der Waals surface area contributed by atoms with Crippen LogP contribution < -0.4 is 0 Å². The third-order valence-electron chi connectivity index (χ3n) is 2.55. The number of likely N-dealkylation sites (tertiary alicyclic amines) is 1. The van der Waals surface area contributed by atoms with Crippen molar-refractivity contribution in [3.8, 4) is 0 Å². The van der Waals surface area contributed by atoms with Gasteiger partial charge in [-0.3, -0.25) is 4.79 Å². The van der Waals surface area contributed by atoms with Crippen molar-refractivity contribution in [3.63, 3.8) is 0 Å². The molecule has 0 saturated carbocycles. The fraction of sp³-hybridized carbons (Fsp3) is 0.900. The van der Waals surface area contributed by atoms with Gasteiger partial charge in [-0.2, -0.15) is 0 Å². The monoisotopic (exact) mass is 263 g/mol. The smallest absolute Gasteiger partial charge is 0.236 e. The summed E-state index contributed by atoms with van der Waals surface area (Å²) in [4.78, 5) is 13.6. The summed E-state index contributed by atoms with van der Waals surface area (Å²) in [7, 11) is 0. The zero-order valence-electron chi connectivity index (χ0n) is 8.41. The Morgan fingerprint density at radius 2 is 2.21 bits per heavy atom. The molecular weight excluding hydrogens is 246 g/mol. The maximum atomic E-state index is 11.6. The molecule has 0 aromatic carbocycles. The highest BCUT2D eigenvalue weighted by atomic mass is 79.9. The molecule has 0 radical (unpaired) electrons. The maximum absolute atomic E-state index is 11.6. The van der Waals surface area contributed by atoms with Crippen LogP contribution in [0.2, 0.25) is 0 Å². The highest BCUT2D eigenvalue weighted by Gasteiger charge is 2.25. The van der Waals surface area contributed by atoms with E-state index < -0.39 is 0 Å². The molecule has 1 N–H and O–H groups in total. The Morgan fingerprint density at radius 3 is 2.93 bits per heavy atom. The van der Waals surface area contributed by atoms with Crippen molar-refractivity contribution in [2.45, 2.75) is 36.9 Å². The Hall–Kier alpha value is -0.0900. The lowest BCUT2D eigenvalue weighted by atomic mass is 10.1. The van der Waals surface area contributed by atoms with E-state index in [9.17, 15) is 4.79 Å². The Morgan fingerprint density at radius 1 is 1.43 bits per heavy atom. The van der Waals surface area contributed by atoms with Crippen molar-refractivity contribution in [2.24, 2.45) is 0 Å². The van der Waals surface area contributed by atoms with Gasteiger partial charge in [0.05, 0.1) is 4.83 Å². The average molecular weight is 264 g/mol. The number of hydrogen-bond donors (Lipinski definition) is 1. The summed E-state index contributed by atoms with van der Waals surface area (Å²) in [5.41, 5.74) is 0. The van der Waals surface area contributed by atoms with Crippen LogP contribution in [0.5, 0.6) is 0 Å². The standard InChI is InChI=1S/C10H18BrNO2/c11-9-5-4-7-12(10(9)14)6-2-1-3-8-13/h9,13H,1-8H2. The van der Waals surface area contributed by atoms with E-state index in [-0.39, 0.29) is 17.3 Å². The van der Waals surface area contributed by atoms with Crippen LogP contribution >= 0.6 is 15.9 Å². The SMILES string of the molecule is O=C1C(Br)CCCN1CCCCCO. The van der Waals surface area contributed by atoms with Crippen molar-refractivity contribution in [2.75, 3.05) is 19.7 Å². The number of halogens is 1. The third-order valence-corrected chi connectivity index (χ3v) is 3.40. The number of alkyl halides is 1. The lowest BCUT2D eigenvalue weighted by molar-refractivity contribution is -0.132. The van der Waals surface area contributed by atoms with Gasteiger partial charge in [0.2, 0.25) is 5.91 Å². The van der Waals surface area contributed by atoms with Crippen molar-refractivity contribution in [1.82, 2.24) is 4.90 Å². The van der Waals surface area contributed by atoms with Gasteiger partial charge in [0.15, 0.2) is 0 Å². The van der Waals surface area contributed by atoms with E-state index in [0.29, 0.717) is 0 Å². The maximum Gasteiger partial charge on any atom is 0.236 e. The molecule has 1 aliphatic rings. The van der Waals surface area contributed by atoms with E-state index in [1.807, 2.05) is 4.90 Å². The molecule has 4 heteroatoms. The molecule has 1 saturated heterocycles. The summed E-state index contributed by atoms with van der Waals surface area (Å²) in [6.45, 7) is 2.01. The molecule has 1 unspecified atom stereocenters. The minimum absolute atomic E-state index is 0.0362. The molecule has 1 heterocycles. The van der Waals surface area contributed by atoms with Crippen LogP contribution in [0.15, 0.2) is 0 Å². The number of aliphatic hydroxyl groups is 1. The van der Waals surface area contributed by atoms with Crippen LogP contribution in [0.4, 0.5) is 0 Å². The van der Waals surface area contributed by atoms with Crippen LogP contribution in [-0.4, -0.2) is 40.4 Å². The van der Waals surface area contributed by atoms with E-state index in [1.54, 1.807) is 0 Å². The zero-order valence-corrected chi connectivity index (χ0v) is 10.0. The lowest BCUT2D eigenvalue weighted by Gasteiger charge is -2.29. The van der Waals surface area contributed by atoms with Crippen molar-refractivity contribution in [1.29, 1.82) is 0 Å². The lowest BCUT2D eigenvalue weighted by Crippen LogP contribution is -2.42. The quantitative estimate of drug-likeness (QED) is 0.604. The van der Waals surface area contributed by atoms with E-state index in [2.05, 4.69) is 15.9 Å². The Kier molecular flexibility index (Phi) is 5.48. The predicted octanol–water partition coefficient (Wildman–Crippen LogP) is 1.53. The van der Waals surface area contributed by atoms with Gasteiger partial charge >= 0.3 is 0 Å². The van der Waals surface area contributed by atoms with Gasteiger partial charge in [-0.05, 0) is 32.1 Å². The second-order valence-electron chi connectivity index (χ2n) is 3.72. The summed E-state index contributed by atoms with van der Waals surface area (Å²) in [6, 6.07) is 0. The Labute approximate surface area is 93.6 Å². The molecule has 0 aliphatic carbocycles. The minimum Gasteiger partial charge on any atom is -0.396 e. The number of unbranched alkanes of at least 4 members (excludes halogenated alkanes) is 2. The number of carbonyl (C=O) groups excluding carboxylic acids is 1. The fourth-order valence-electron chi connectivity index (χ4n) is 1.71. The van der Waals surface area contributed by atoms with Gasteiger partial charge < -0.3 is 10.0 Å². The number of amides is 1. The summed E-state index contributed by atoms with van der Waals surface area (Å²) >= 11 is 3.39. The zero-order chi connectivity index (χ0) is 10.4. The molecule has 0 bridgehead atoms. The first-order valence-electron chi connectivity index (χ1n) is 5.29. The number of aliphatic hydroxyl groups excluding tert-OH is 1. The first kappa shape index (κ1) is 12.0. The van der Waals surface area contributed by atoms with Crippen molar-refractivity contribution < 1.29 is 9.90 Å². The van der Waals surface area contributed by atoms with Crippen LogP contribution in [0.25, 0.3) is 0 Å². The van der Waals surface area contributed by atoms with Crippen LogP contribution in [0, 0.1) is 0 Å². The van der Waals surface area contributed by atoms with Crippen molar-refractivity contribution >= 4 is 21.8 Å². The first-order chi connectivity index (χ1) is 6.75. The van der Waals surface area contributed by atoms with Crippen LogP contribution in [0.1, 0.15) is 32.1 Å². The van der Waals surface area contributed by atoms with E-state index in [4.69, 9.17) is 5.11 Å². The average Bonchev–Trinajstić information content (AvgIpc) is 2.19. The summed E-state index contributed by atoms with van der Waals surface area (Å²) in [6.07, 6.45) is 4.92. The molecule has 3 nitrogen and oxygen atoms in total. The summed E-state index contributed by atoms with van der Waals surface area (Å²) < 4.78 is 0. The van der Waals surface area contributed by atoms with Gasteiger partial charge in [0.25, 0.3) is 0 Å². The summed E-state index contributed by atoms with van der Waals surface area (Å²) in [5.74, 6) is 0.236. The molecule has 0 aromatic rings. The predicted molar refractivity (Wildman–Crippen MR) is 59.5 cm³/mol. The largest absolute Gasteiger partial charge is 0.396 e. The molecule has 82 valence electrons. The summed E-state index contributed by atoms with van der Waals surface area (Å²) in [5, 5.41) is 8.61. The first-order valence-corrected chi connectivity index (χ1v) is 6.21. The molecular formula is C10H18BrNO2. The normalized spacial score (nSPS) is 22.9. The highest BCUT2D eigenvalue weighted by Crippen LogP contribution is 2.18. The molecule has 0 spiro atoms. The number of hydrogen-bond acceptors (Lipinski definition) is 2. The highest BCUT2D eigenvalue weighted by molar-refractivity contribution is 9.10. The number of nitrogens with zero attached hydrogens (tertiary/aromatic N) is 1. The van der Waals surface area contributed by atoms with Gasteiger partial charge in [-0.1, -0.05) is 15.9 Å². The van der Waals surface area contributed by atoms with Crippen molar-refractivity contribution in [3.05, 3.63) is 0 Å². The van der Waals surface area contributed by atoms with E-state index >= 15 is 0 Å². The molecule has 1 atom stereocenters. The van der Waals surface area contributed by atoms with Gasteiger partial charge in [0.1, 0.15) is 0 Å². The minimum atomic E-state index is 0.0362. The van der Waals surface area contributed by atoms with Crippen LogP contribution in [-0.2, 0) is 4.79 Å². The van der Waals surface area contributed by atoms with E-state index in [0.717, 1.165) is 45.2 Å². The molecule has 0 aromatic heterocycles. The number of rotatable bonds is 5. The second-order valence-corrected chi connectivity index (χ2v) is 4.82. The van der Waals surface area contributed by atoms with Crippen LogP contribution in [0.3, 0.4) is 0 Å².